The molecule has 2 heterocycles. The molecule has 1 aliphatic heterocycles. The summed E-state index contributed by atoms with van der Waals surface area (Å²) in [4.78, 5) is 14.6. The minimum atomic E-state index is -0.0683. The lowest BCUT2D eigenvalue weighted by molar-refractivity contribution is -0.121. The van der Waals surface area contributed by atoms with Crippen LogP contribution in [0, 0.1) is 11.3 Å². The SMILES string of the molecule is CCN1C(=O)/C(=C/c2cn(CCC#N)nc2-c2ccccc2)SC1=S. The molecule has 0 bridgehead atoms. The maximum absolute atomic E-state index is 12.5. The summed E-state index contributed by atoms with van der Waals surface area (Å²) in [5.41, 5.74) is 2.61. The molecule has 0 spiro atoms. The third-order valence-corrected chi connectivity index (χ3v) is 5.14. The quantitative estimate of drug-likeness (QED) is 0.595. The van der Waals surface area contributed by atoms with Gasteiger partial charge in [0.15, 0.2) is 0 Å². The zero-order valence-corrected chi connectivity index (χ0v) is 15.3. The van der Waals surface area contributed by atoms with Gasteiger partial charge in [0.1, 0.15) is 4.32 Å². The molecule has 126 valence electrons. The molecule has 0 radical (unpaired) electrons. The van der Waals surface area contributed by atoms with Crippen LogP contribution in [0.2, 0.25) is 0 Å². The molecule has 1 aromatic heterocycles. The number of aryl methyl sites for hydroxylation is 1. The molecule has 7 heteroatoms. The van der Waals surface area contributed by atoms with E-state index in [1.54, 1.807) is 9.58 Å². The number of carbonyl (C=O) groups is 1. The Morgan fingerprint density at radius 1 is 1.36 bits per heavy atom. The second-order valence-corrected chi connectivity index (χ2v) is 7.07. The normalized spacial score (nSPS) is 15.8. The molecule has 0 unspecified atom stereocenters. The van der Waals surface area contributed by atoms with Crippen molar-refractivity contribution in [2.45, 2.75) is 19.9 Å². The summed E-state index contributed by atoms with van der Waals surface area (Å²) in [6, 6.07) is 11.9. The van der Waals surface area contributed by atoms with Crippen molar-refractivity contribution in [3.63, 3.8) is 0 Å². The first kappa shape index (κ1) is 17.4. The van der Waals surface area contributed by atoms with Gasteiger partial charge in [0, 0.05) is 23.9 Å². The van der Waals surface area contributed by atoms with Crippen LogP contribution in [0.25, 0.3) is 17.3 Å². The van der Waals surface area contributed by atoms with E-state index >= 15 is 0 Å². The average molecular weight is 368 g/mol. The number of amides is 1. The van der Waals surface area contributed by atoms with E-state index in [1.165, 1.54) is 11.8 Å². The van der Waals surface area contributed by atoms with Gasteiger partial charge in [0.05, 0.1) is 29.6 Å². The van der Waals surface area contributed by atoms with Crippen LogP contribution in [0.15, 0.2) is 41.4 Å². The Balaban J connectivity index is 2.02. The number of carbonyl (C=O) groups excluding carboxylic acids is 1. The van der Waals surface area contributed by atoms with Crippen LogP contribution < -0.4 is 0 Å². The molecule has 0 atom stereocenters. The number of thiocarbonyl (C=S) groups is 1. The molecule has 1 fully saturated rings. The van der Waals surface area contributed by atoms with Crippen molar-refractivity contribution >= 4 is 40.3 Å². The van der Waals surface area contributed by atoms with Crippen LogP contribution in [0.4, 0.5) is 0 Å². The van der Waals surface area contributed by atoms with E-state index in [2.05, 4.69) is 11.2 Å². The van der Waals surface area contributed by atoms with Crippen LogP contribution >= 0.6 is 24.0 Å². The summed E-state index contributed by atoms with van der Waals surface area (Å²) in [5, 5.41) is 13.4. The first-order valence-electron chi connectivity index (χ1n) is 7.89. The number of hydrogen-bond acceptors (Lipinski definition) is 5. The predicted octanol–water partition coefficient (Wildman–Crippen LogP) is 3.68. The molecule has 2 aromatic rings. The van der Waals surface area contributed by atoms with Crippen LogP contribution in [0.1, 0.15) is 18.9 Å². The molecular formula is C18H16N4OS2. The van der Waals surface area contributed by atoms with Crippen molar-refractivity contribution in [3.8, 4) is 17.3 Å². The third kappa shape index (κ3) is 3.65. The van der Waals surface area contributed by atoms with E-state index in [-0.39, 0.29) is 5.91 Å². The van der Waals surface area contributed by atoms with Crippen molar-refractivity contribution in [1.29, 1.82) is 5.26 Å². The van der Waals surface area contributed by atoms with Gasteiger partial charge >= 0.3 is 0 Å². The highest BCUT2D eigenvalue weighted by atomic mass is 32.2. The third-order valence-electron chi connectivity index (χ3n) is 3.77. The number of aromatic nitrogens is 2. The fourth-order valence-electron chi connectivity index (χ4n) is 2.56. The molecule has 1 aliphatic rings. The monoisotopic (exact) mass is 368 g/mol. The Hall–Kier alpha value is -2.43. The molecule has 1 aromatic carbocycles. The fourth-order valence-corrected chi connectivity index (χ4v) is 3.93. The van der Waals surface area contributed by atoms with Crippen LogP contribution in [0.3, 0.4) is 0 Å². The molecule has 1 saturated heterocycles. The smallest absolute Gasteiger partial charge is 0.266 e. The van der Waals surface area contributed by atoms with Crippen LogP contribution in [-0.4, -0.2) is 31.5 Å². The van der Waals surface area contributed by atoms with Crippen LogP contribution in [-0.2, 0) is 11.3 Å². The van der Waals surface area contributed by atoms with Gasteiger partial charge in [-0.3, -0.25) is 14.4 Å². The standard InChI is InChI=1S/C18H16N4OS2/c1-2-22-17(23)15(25-18(22)24)11-14-12-21(10-6-9-19)20-16(14)13-7-4-3-5-8-13/h3-5,7-8,11-12H,2,6,10H2,1H3/b15-11-. The number of likely N-dealkylation sites (N-methyl/N-ethyl adjacent to an activating group) is 1. The second-order valence-electron chi connectivity index (χ2n) is 5.40. The Morgan fingerprint density at radius 3 is 2.76 bits per heavy atom. The molecule has 0 N–H and O–H groups in total. The van der Waals surface area contributed by atoms with Gasteiger partial charge in [0.2, 0.25) is 0 Å². The van der Waals surface area contributed by atoms with E-state index in [9.17, 15) is 4.79 Å². The Kier molecular flexibility index (Phi) is 5.31. The Bertz CT molecular complexity index is 880. The van der Waals surface area contributed by atoms with E-state index < -0.39 is 0 Å². The van der Waals surface area contributed by atoms with E-state index in [1.807, 2.05) is 49.5 Å². The molecule has 5 nitrogen and oxygen atoms in total. The maximum atomic E-state index is 12.5. The van der Waals surface area contributed by atoms with Crippen molar-refractivity contribution < 1.29 is 4.79 Å². The lowest BCUT2D eigenvalue weighted by Crippen LogP contribution is -2.27. The first-order chi connectivity index (χ1) is 12.1. The van der Waals surface area contributed by atoms with Gasteiger partial charge in [-0.15, -0.1) is 0 Å². The largest absolute Gasteiger partial charge is 0.293 e. The molecule has 3 rings (SSSR count). The van der Waals surface area contributed by atoms with Crippen molar-refractivity contribution in [2.24, 2.45) is 0 Å². The number of hydrogen-bond donors (Lipinski definition) is 0. The van der Waals surface area contributed by atoms with E-state index in [4.69, 9.17) is 17.5 Å². The fraction of sp³-hybridized carbons (Fsp3) is 0.222. The minimum Gasteiger partial charge on any atom is -0.293 e. The van der Waals surface area contributed by atoms with Crippen LogP contribution in [0.5, 0.6) is 0 Å². The molecule has 0 saturated carbocycles. The second kappa shape index (κ2) is 7.64. The van der Waals surface area contributed by atoms with Gasteiger partial charge in [0.25, 0.3) is 5.91 Å². The molecule has 1 amide bonds. The summed E-state index contributed by atoms with van der Waals surface area (Å²) in [6.07, 6.45) is 4.10. The summed E-state index contributed by atoms with van der Waals surface area (Å²) in [7, 11) is 0. The zero-order chi connectivity index (χ0) is 17.8. The lowest BCUT2D eigenvalue weighted by atomic mass is 10.1. The summed E-state index contributed by atoms with van der Waals surface area (Å²) in [6.45, 7) is 2.98. The van der Waals surface area contributed by atoms with Gasteiger partial charge in [-0.1, -0.05) is 54.3 Å². The maximum Gasteiger partial charge on any atom is 0.266 e. The van der Waals surface area contributed by atoms with Crippen molar-refractivity contribution in [2.75, 3.05) is 6.54 Å². The number of nitrogens with zero attached hydrogens (tertiary/aromatic N) is 4. The Morgan fingerprint density at radius 2 is 2.12 bits per heavy atom. The molecule has 25 heavy (non-hydrogen) atoms. The van der Waals surface area contributed by atoms with Gasteiger partial charge in [-0.05, 0) is 13.0 Å². The van der Waals surface area contributed by atoms with Gasteiger partial charge in [-0.2, -0.15) is 10.4 Å². The average Bonchev–Trinajstić information content (AvgIpc) is 3.14. The first-order valence-corrected chi connectivity index (χ1v) is 9.11. The highest BCUT2D eigenvalue weighted by Crippen LogP contribution is 2.34. The number of thioether (sulfide) groups is 1. The number of benzene rings is 1. The topological polar surface area (TPSA) is 61.9 Å². The van der Waals surface area contributed by atoms with E-state index in [0.717, 1.165) is 16.8 Å². The summed E-state index contributed by atoms with van der Waals surface area (Å²) >= 11 is 6.58. The van der Waals surface area contributed by atoms with Crippen molar-refractivity contribution in [1.82, 2.24) is 14.7 Å². The van der Waals surface area contributed by atoms with Gasteiger partial charge < -0.3 is 0 Å². The Labute approximate surface area is 155 Å². The number of nitriles is 1. The predicted molar refractivity (Wildman–Crippen MR) is 103 cm³/mol. The highest BCUT2D eigenvalue weighted by molar-refractivity contribution is 8.26. The molecular weight excluding hydrogens is 352 g/mol. The van der Waals surface area contributed by atoms with E-state index in [0.29, 0.717) is 28.7 Å². The number of rotatable bonds is 5. The summed E-state index contributed by atoms with van der Waals surface area (Å²) < 4.78 is 2.33. The van der Waals surface area contributed by atoms with Gasteiger partial charge in [-0.25, -0.2) is 0 Å². The summed E-state index contributed by atoms with van der Waals surface area (Å²) in [5.74, 6) is -0.0683. The lowest BCUT2D eigenvalue weighted by Gasteiger charge is -2.09. The highest BCUT2D eigenvalue weighted by Gasteiger charge is 2.31. The minimum absolute atomic E-state index is 0.0683. The van der Waals surface area contributed by atoms with Crippen molar-refractivity contribution in [3.05, 3.63) is 47.0 Å². The molecule has 0 aliphatic carbocycles. The zero-order valence-electron chi connectivity index (χ0n) is 13.7.